The van der Waals surface area contributed by atoms with Crippen molar-refractivity contribution in [3.8, 4) is 6.07 Å². The number of hydrogen-bond donors (Lipinski definition) is 2. The highest BCUT2D eigenvalue weighted by atomic mass is 35.5. The van der Waals surface area contributed by atoms with Gasteiger partial charge in [0.1, 0.15) is 5.82 Å². The second-order valence-corrected chi connectivity index (χ2v) is 7.82. The number of nitrogens with zero attached hydrogens (tertiary/aromatic N) is 1. The average Bonchev–Trinajstić information content (AvgIpc) is 2.70. The lowest BCUT2D eigenvalue weighted by Crippen LogP contribution is -2.31. The van der Waals surface area contributed by atoms with Gasteiger partial charge in [0, 0.05) is 23.0 Å². The molecule has 2 aromatic carbocycles. The van der Waals surface area contributed by atoms with E-state index in [0.29, 0.717) is 10.7 Å². The van der Waals surface area contributed by atoms with Gasteiger partial charge in [-0.1, -0.05) is 47.6 Å². The Morgan fingerprint density at radius 1 is 1.34 bits per heavy atom. The normalized spacial score (nSPS) is 16.2. The molecule has 2 aromatic rings. The van der Waals surface area contributed by atoms with Crippen LogP contribution in [0.4, 0.5) is 10.1 Å². The van der Waals surface area contributed by atoms with E-state index in [0.717, 1.165) is 17.3 Å². The van der Waals surface area contributed by atoms with E-state index in [4.69, 9.17) is 11.6 Å². The minimum atomic E-state index is -0.685. The molecule has 8 heteroatoms. The topological polar surface area (TPSA) is 82.0 Å². The van der Waals surface area contributed by atoms with E-state index in [1.165, 1.54) is 6.07 Å². The van der Waals surface area contributed by atoms with E-state index < -0.39 is 11.7 Å². The highest BCUT2D eigenvalue weighted by molar-refractivity contribution is 8.03. The molecule has 5 nitrogen and oxygen atoms in total. The van der Waals surface area contributed by atoms with Gasteiger partial charge < -0.3 is 10.6 Å². The summed E-state index contributed by atoms with van der Waals surface area (Å²) < 4.78 is 14.2. The highest BCUT2D eigenvalue weighted by Crippen LogP contribution is 2.37. The molecule has 1 aliphatic rings. The summed E-state index contributed by atoms with van der Waals surface area (Å²) in [4.78, 5) is 24.5. The summed E-state index contributed by atoms with van der Waals surface area (Å²) in [5.74, 6) is -1.83. The zero-order valence-electron chi connectivity index (χ0n) is 15.5. The first-order valence-electron chi connectivity index (χ1n) is 8.77. The van der Waals surface area contributed by atoms with Crippen molar-refractivity contribution in [2.45, 2.75) is 19.3 Å². The van der Waals surface area contributed by atoms with E-state index in [2.05, 4.69) is 16.7 Å². The Hall–Kier alpha value is -2.82. The maximum Gasteiger partial charge on any atom is 0.234 e. The molecule has 0 saturated heterocycles. The van der Waals surface area contributed by atoms with Gasteiger partial charge in [0.2, 0.25) is 11.8 Å². The van der Waals surface area contributed by atoms with Crippen molar-refractivity contribution in [3.63, 3.8) is 0 Å². The molecule has 0 spiro atoms. The second kappa shape index (κ2) is 9.12. The van der Waals surface area contributed by atoms with Crippen LogP contribution in [0, 0.1) is 24.1 Å². The smallest absolute Gasteiger partial charge is 0.234 e. The van der Waals surface area contributed by atoms with E-state index in [1.54, 1.807) is 43.3 Å². The van der Waals surface area contributed by atoms with Crippen LogP contribution in [-0.2, 0) is 9.59 Å². The van der Waals surface area contributed by atoms with E-state index in [9.17, 15) is 19.2 Å². The number of carbonyl (C=O) groups is 2. The van der Waals surface area contributed by atoms with Crippen LogP contribution in [-0.4, -0.2) is 17.6 Å². The molecule has 0 radical (unpaired) electrons. The standard InChI is InChI=1S/C21H17ClFN3O2S/c1-12-16(22)6-4-8-18(12)25-20(28)11-29-21-15(10-24)14(9-19(27)26-21)13-5-2-3-7-17(13)23/h2-8,14H,9,11H2,1H3,(H,25,28)(H,26,27)/t14-/m1/s1. The predicted octanol–water partition coefficient (Wildman–Crippen LogP) is 4.50. The number of halogens is 2. The first-order chi connectivity index (χ1) is 13.9. The molecule has 0 aromatic heterocycles. The maximum atomic E-state index is 14.2. The monoisotopic (exact) mass is 429 g/mol. The zero-order chi connectivity index (χ0) is 21.0. The SMILES string of the molecule is Cc1c(Cl)cccc1NC(=O)CSC1=C(C#N)[C@@H](c2ccccc2F)CC(=O)N1. The van der Waals surface area contributed by atoms with Gasteiger partial charge in [-0.3, -0.25) is 9.59 Å². The molecule has 2 N–H and O–H groups in total. The summed E-state index contributed by atoms with van der Waals surface area (Å²) >= 11 is 7.09. The van der Waals surface area contributed by atoms with Crippen molar-refractivity contribution < 1.29 is 14.0 Å². The third-order valence-electron chi connectivity index (χ3n) is 4.53. The van der Waals surface area contributed by atoms with Crippen LogP contribution in [0.3, 0.4) is 0 Å². The molecule has 1 heterocycles. The van der Waals surface area contributed by atoms with Crippen molar-refractivity contribution in [2.24, 2.45) is 0 Å². The van der Waals surface area contributed by atoms with Crippen LogP contribution in [0.2, 0.25) is 5.02 Å². The summed E-state index contributed by atoms with van der Waals surface area (Å²) in [7, 11) is 0. The minimum Gasteiger partial charge on any atom is -0.325 e. The lowest BCUT2D eigenvalue weighted by Gasteiger charge is -2.25. The predicted molar refractivity (Wildman–Crippen MR) is 112 cm³/mol. The third kappa shape index (κ3) is 4.78. The molecule has 0 bridgehead atoms. The Bertz CT molecular complexity index is 1050. The number of thioether (sulfide) groups is 1. The summed E-state index contributed by atoms with van der Waals surface area (Å²) in [5, 5.41) is 15.8. The fourth-order valence-corrected chi connectivity index (χ4v) is 4.07. The Balaban J connectivity index is 1.78. The number of carbonyl (C=O) groups excluding carboxylic acids is 2. The second-order valence-electron chi connectivity index (χ2n) is 6.43. The van der Waals surface area contributed by atoms with Crippen LogP contribution in [0.1, 0.15) is 23.5 Å². The van der Waals surface area contributed by atoms with Gasteiger partial charge in [-0.05, 0) is 36.2 Å². The van der Waals surface area contributed by atoms with Crippen molar-refractivity contribution in [3.05, 3.63) is 75.0 Å². The Morgan fingerprint density at radius 3 is 2.83 bits per heavy atom. The number of nitriles is 1. The summed E-state index contributed by atoms with van der Waals surface area (Å²) in [6, 6.07) is 13.3. The third-order valence-corrected chi connectivity index (χ3v) is 5.95. The molecule has 148 valence electrons. The van der Waals surface area contributed by atoms with Crippen molar-refractivity contribution in [1.29, 1.82) is 5.26 Å². The van der Waals surface area contributed by atoms with Gasteiger partial charge in [-0.15, -0.1) is 0 Å². The fourth-order valence-electron chi connectivity index (χ4n) is 3.02. The molecule has 1 atom stereocenters. The van der Waals surface area contributed by atoms with Crippen molar-refractivity contribution in [1.82, 2.24) is 5.32 Å². The van der Waals surface area contributed by atoms with Crippen molar-refractivity contribution >= 4 is 40.9 Å². The lowest BCUT2D eigenvalue weighted by molar-refractivity contribution is -0.121. The van der Waals surface area contributed by atoms with Gasteiger partial charge >= 0.3 is 0 Å². The molecular weight excluding hydrogens is 413 g/mol. The quantitative estimate of drug-likeness (QED) is 0.733. The van der Waals surface area contributed by atoms with E-state index >= 15 is 0 Å². The number of benzene rings is 2. The molecule has 0 saturated carbocycles. The number of amides is 2. The number of allylic oxidation sites excluding steroid dienone is 1. The molecule has 0 aliphatic carbocycles. The number of hydrogen-bond acceptors (Lipinski definition) is 4. The van der Waals surface area contributed by atoms with Crippen LogP contribution in [0.25, 0.3) is 0 Å². The Labute approximate surface area is 176 Å². The van der Waals surface area contributed by atoms with E-state index in [1.807, 2.05) is 0 Å². The molecule has 1 aliphatic heterocycles. The van der Waals surface area contributed by atoms with Crippen molar-refractivity contribution in [2.75, 3.05) is 11.1 Å². The largest absolute Gasteiger partial charge is 0.325 e. The molecule has 0 unspecified atom stereocenters. The van der Waals surface area contributed by atoms with E-state index in [-0.39, 0.29) is 40.2 Å². The van der Waals surface area contributed by atoms with Crippen LogP contribution in [0.5, 0.6) is 0 Å². The Morgan fingerprint density at radius 2 is 2.10 bits per heavy atom. The first-order valence-corrected chi connectivity index (χ1v) is 10.1. The average molecular weight is 430 g/mol. The molecule has 2 amide bonds. The van der Waals surface area contributed by atoms with Gasteiger partial charge in [-0.2, -0.15) is 5.26 Å². The summed E-state index contributed by atoms with van der Waals surface area (Å²) in [6.45, 7) is 1.79. The zero-order valence-corrected chi connectivity index (χ0v) is 17.0. The number of rotatable bonds is 5. The molecule has 3 rings (SSSR count). The van der Waals surface area contributed by atoms with Crippen LogP contribution < -0.4 is 10.6 Å². The minimum absolute atomic E-state index is 0.0260. The lowest BCUT2D eigenvalue weighted by atomic mass is 9.87. The summed E-state index contributed by atoms with van der Waals surface area (Å²) in [5.41, 5.74) is 1.87. The first kappa shape index (κ1) is 20.9. The van der Waals surface area contributed by atoms with Crippen LogP contribution in [0.15, 0.2) is 53.1 Å². The fraction of sp³-hybridized carbons (Fsp3) is 0.190. The molecule has 0 fully saturated rings. The van der Waals surface area contributed by atoms with Gasteiger partial charge in [0.25, 0.3) is 0 Å². The van der Waals surface area contributed by atoms with Crippen LogP contribution >= 0.6 is 23.4 Å². The van der Waals surface area contributed by atoms with Gasteiger partial charge in [0.15, 0.2) is 0 Å². The maximum absolute atomic E-state index is 14.2. The number of nitrogens with one attached hydrogen (secondary N) is 2. The summed E-state index contributed by atoms with van der Waals surface area (Å²) in [6.07, 6.45) is -0.0260. The molecule has 29 heavy (non-hydrogen) atoms. The Kier molecular flexibility index (Phi) is 6.57. The van der Waals surface area contributed by atoms with Gasteiger partial charge in [0.05, 0.1) is 22.4 Å². The molecular formula is C21H17ClFN3O2S. The number of anilines is 1. The highest BCUT2D eigenvalue weighted by Gasteiger charge is 2.31. The van der Waals surface area contributed by atoms with Gasteiger partial charge in [-0.25, -0.2) is 4.39 Å².